The number of benzene rings is 1. The smallest absolute Gasteiger partial charge is 0.226 e. The third-order valence-corrected chi connectivity index (χ3v) is 6.18. The molecule has 0 bridgehead atoms. The van der Waals surface area contributed by atoms with E-state index in [1.54, 1.807) is 0 Å². The number of rotatable bonds is 6. The van der Waals surface area contributed by atoms with Crippen LogP contribution in [-0.4, -0.2) is 51.9 Å². The minimum absolute atomic E-state index is 0.0532. The molecular weight excluding hydrogens is 378 g/mol. The van der Waals surface area contributed by atoms with Crippen LogP contribution in [0.15, 0.2) is 24.3 Å². The molecule has 0 saturated carbocycles. The van der Waals surface area contributed by atoms with Gasteiger partial charge >= 0.3 is 0 Å². The second-order valence-corrected chi connectivity index (χ2v) is 8.93. The summed E-state index contributed by atoms with van der Waals surface area (Å²) in [4.78, 5) is 15.2. The predicted octanol–water partition coefficient (Wildman–Crippen LogP) is 2.49. The summed E-state index contributed by atoms with van der Waals surface area (Å²) in [5.41, 5.74) is 2.64. The van der Waals surface area contributed by atoms with Crippen molar-refractivity contribution in [3.05, 3.63) is 47.0 Å². The third kappa shape index (κ3) is 4.73. The van der Waals surface area contributed by atoms with E-state index in [9.17, 15) is 4.79 Å². The van der Waals surface area contributed by atoms with Gasteiger partial charge in [0.25, 0.3) is 0 Å². The topological polar surface area (TPSA) is 72.3 Å². The van der Waals surface area contributed by atoms with Crippen LogP contribution < -0.4 is 5.32 Å². The van der Waals surface area contributed by atoms with E-state index >= 15 is 0 Å². The Kier molecular flexibility index (Phi) is 6.49. The molecule has 0 radical (unpaired) electrons. The maximum atomic E-state index is 12.7. The first-order valence-electron chi connectivity index (χ1n) is 11.1. The van der Waals surface area contributed by atoms with Crippen molar-refractivity contribution in [1.29, 1.82) is 0 Å². The van der Waals surface area contributed by atoms with Gasteiger partial charge in [0.05, 0.1) is 18.6 Å². The molecular formula is C23H33N5O2. The van der Waals surface area contributed by atoms with E-state index in [2.05, 4.69) is 70.0 Å². The van der Waals surface area contributed by atoms with Crippen LogP contribution in [0.4, 0.5) is 0 Å². The van der Waals surface area contributed by atoms with E-state index in [0.717, 1.165) is 50.7 Å². The molecule has 30 heavy (non-hydrogen) atoms. The second kappa shape index (κ2) is 9.27. The van der Waals surface area contributed by atoms with Gasteiger partial charge in [0.15, 0.2) is 5.82 Å². The van der Waals surface area contributed by atoms with Crippen molar-refractivity contribution in [2.24, 2.45) is 11.8 Å². The summed E-state index contributed by atoms with van der Waals surface area (Å²) in [6.45, 7) is 11.3. The van der Waals surface area contributed by atoms with Gasteiger partial charge in [-0.05, 0) is 24.8 Å². The largest absolute Gasteiger partial charge is 0.381 e. The Morgan fingerprint density at radius 1 is 1.27 bits per heavy atom. The van der Waals surface area contributed by atoms with Crippen LogP contribution in [0.1, 0.15) is 49.1 Å². The Bertz CT molecular complexity index is 872. The van der Waals surface area contributed by atoms with Crippen LogP contribution in [-0.2, 0) is 29.0 Å². The summed E-state index contributed by atoms with van der Waals surface area (Å²) >= 11 is 0. The van der Waals surface area contributed by atoms with E-state index in [1.807, 2.05) is 0 Å². The van der Waals surface area contributed by atoms with Crippen molar-refractivity contribution in [3.63, 3.8) is 0 Å². The molecule has 2 aliphatic rings. The summed E-state index contributed by atoms with van der Waals surface area (Å²) in [6.07, 6.45) is 1.66. The molecule has 0 aliphatic carbocycles. The van der Waals surface area contributed by atoms with Crippen molar-refractivity contribution in [2.45, 2.75) is 52.7 Å². The standard InChI is InChI=1S/C23H33N5O2/c1-16(2)21(24-23(29)19-8-12-30-15-19)22-26-25-20-7-9-27(10-11-28(20)22)14-18-6-4-5-17(3)13-18/h4-6,13,16,19,21H,7-12,14-15H2,1-3H3,(H,24,29). The molecule has 2 aromatic rings. The number of fused-ring (bicyclic) bond motifs is 1. The van der Waals surface area contributed by atoms with Gasteiger partial charge in [-0.3, -0.25) is 9.69 Å². The highest BCUT2D eigenvalue weighted by Crippen LogP contribution is 2.24. The maximum absolute atomic E-state index is 12.7. The zero-order chi connectivity index (χ0) is 21.1. The molecule has 7 heteroatoms. The highest BCUT2D eigenvalue weighted by molar-refractivity contribution is 5.79. The zero-order valence-electron chi connectivity index (χ0n) is 18.3. The van der Waals surface area contributed by atoms with Gasteiger partial charge in [0.1, 0.15) is 5.82 Å². The summed E-state index contributed by atoms with van der Waals surface area (Å²) in [6, 6.07) is 8.58. The van der Waals surface area contributed by atoms with Crippen LogP contribution in [0.3, 0.4) is 0 Å². The monoisotopic (exact) mass is 411 g/mol. The summed E-state index contributed by atoms with van der Waals surface area (Å²) in [7, 11) is 0. The summed E-state index contributed by atoms with van der Waals surface area (Å²) in [5.74, 6) is 2.14. The quantitative estimate of drug-likeness (QED) is 0.791. The lowest BCUT2D eigenvalue weighted by molar-refractivity contribution is -0.126. The molecule has 2 unspecified atom stereocenters. The molecule has 2 atom stereocenters. The number of nitrogens with zero attached hydrogens (tertiary/aromatic N) is 4. The fraction of sp³-hybridized carbons (Fsp3) is 0.609. The van der Waals surface area contributed by atoms with E-state index < -0.39 is 0 Å². The zero-order valence-corrected chi connectivity index (χ0v) is 18.3. The SMILES string of the molecule is Cc1cccc(CN2CCc3nnc(C(NC(=O)C4CCOC4)C(C)C)n3CC2)c1. The number of hydrogen-bond donors (Lipinski definition) is 1. The molecule has 1 aromatic carbocycles. The average molecular weight is 412 g/mol. The molecule has 4 rings (SSSR count). The number of aryl methyl sites for hydroxylation is 1. The first kappa shape index (κ1) is 21.0. The van der Waals surface area contributed by atoms with Crippen LogP contribution in [0.5, 0.6) is 0 Å². The fourth-order valence-electron chi connectivity index (χ4n) is 4.39. The van der Waals surface area contributed by atoms with E-state index in [4.69, 9.17) is 4.74 Å². The van der Waals surface area contributed by atoms with Gasteiger partial charge in [-0.1, -0.05) is 43.7 Å². The average Bonchev–Trinajstić information content (AvgIpc) is 3.34. The van der Waals surface area contributed by atoms with Gasteiger partial charge in [0.2, 0.25) is 5.91 Å². The number of nitrogens with one attached hydrogen (secondary N) is 1. The number of carbonyl (C=O) groups excluding carboxylic acids is 1. The normalized spacial score (nSPS) is 20.7. The number of carbonyl (C=O) groups is 1. The molecule has 0 spiro atoms. The Morgan fingerprint density at radius 3 is 2.87 bits per heavy atom. The maximum Gasteiger partial charge on any atom is 0.226 e. The molecule has 1 saturated heterocycles. The first-order valence-corrected chi connectivity index (χ1v) is 11.1. The van der Waals surface area contributed by atoms with Crippen LogP contribution in [0.25, 0.3) is 0 Å². The number of hydrogen-bond acceptors (Lipinski definition) is 5. The summed E-state index contributed by atoms with van der Waals surface area (Å²) in [5, 5.41) is 12.2. The van der Waals surface area contributed by atoms with Crippen molar-refractivity contribution >= 4 is 5.91 Å². The minimum atomic E-state index is -0.136. The molecule has 1 aromatic heterocycles. The highest BCUT2D eigenvalue weighted by Gasteiger charge is 2.31. The van der Waals surface area contributed by atoms with Crippen molar-refractivity contribution in [3.8, 4) is 0 Å². The van der Waals surface area contributed by atoms with Crippen molar-refractivity contribution in [2.75, 3.05) is 26.3 Å². The van der Waals surface area contributed by atoms with Gasteiger partial charge < -0.3 is 14.6 Å². The second-order valence-electron chi connectivity index (χ2n) is 8.93. The van der Waals surface area contributed by atoms with Gasteiger partial charge in [0, 0.05) is 39.2 Å². The van der Waals surface area contributed by atoms with Crippen LogP contribution in [0.2, 0.25) is 0 Å². The molecule has 7 nitrogen and oxygen atoms in total. The number of amides is 1. The van der Waals surface area contributed by atoms with E-state index in [1.165, 1.54) is 11.1 Å². The van der Waals surface area contributed by atoms with Gasteiger partial charge in [-0.2, -0.15) is 0 Å². The van der Waals surface area contributed by atoms with Crippen LogP contribution >= 0.6 is 0 Å². The van der Waals surface area contributed by atoms with E-state index in [-0.39, 0.29) is 23.8 Å². The number of ether oxygens (including phenoxy) is 1. The van der Waals surface area contributed by atoms with E-state index in [0.29, 0.717) is 13.2 Å². The lowest BCUT2D eigenvalue weighted by atomic mass is 10.0. The number of aromatic nitrogens is 3. The Balaban J connectivity index is 1.46. The van der Waals surface area contributed by atoms with Crippen molar-refractivity contribution < 1.29 is 9.53 Å². The minimum Gasteiger partial charge on any atom is -0.381 e. The van der Waals surface area contributed by atoms with Gasteiger partial charge in [-0.25, -0.2) is 0 Å². The Hall–Kier alpha value is -2.25. The van der Waals surface area contributed by atoms with Gasteiger partial charge in [-0.15, -0.1) is 10.2 Å². The van der Waals surface area contributed by atoms with Crippen LogP contribution in [0, 0.1) is 18.8 Å². The van der Waals surface area contributed by atoms with Crippen molar-refractivity contribution in [1.82, 2.24) is 25.0 Å². The summed E-state index contributed by atoms with van der Waals surface area (Å²) < 4.78 is 7.61. The molecule has 1 fully saturated rings. The lowest BCUT2D eigenvalue weighted by Gasteiger charge is -2.24. The molecule has 162 valence electrons. The Labute approximate surface area is 178 Å². The molecule has 1 amide bonds. The molecule has 2 aliphatic heterocycles. The molecule has 1 N–H and O–H groups in total. The Morgan fingerprint density at radius 2 is 2.13 bits per heavy atom. The highest BCUT2D eigenvalue weighted by atomic mass is 16.5. The fourth-order valence-corrected chi connectivity index (χ4v) is 4.39. The predicted molar refractivity (Wildman–Crippen MR) is 115 cm³/mol. The lowest BCUT2D eigenvalue weighted by Crippen LogP contribution is -2.38. The third-order valence-electron chi connectivity index (χ3n) is 6.18. The molecule has 3 heterocycles. The first-order chi connectivity index (χ1) is 14.5.